The third-order valence-electron chi connectivity index (χ3n) is 2.25. The number of carbonyl (C=O) groups is 1. The standard InChI is InChI=1S/C12H11NO2S/c1-15-9-5-2-4-8(13)11(9)12(14)10-6-3-7-16-10/h2-7H,13H2,1H3. The van der Waals surface area contributed by atoms with Gasteiger partial charge in [-0.2, -0.15) is 0 Å². The Morgan fingerprint density at radius 1 is 1.31 bits per heavy atom. The molecule has 0 aliphatic rings. The maximum absolute atomic E-state index is 12.2. The normalized spacial score (nSPS) is 10.1. The van der Waals surface area contributed by atoms with Gasteiger partial charge in [0.05, 0.1) is 17.6 Å². The predicted molar refractivity (Wildman–Crippen MR) is 65.2 cm³/mol. The Balaban J connectivity index is 2.51. The fourth-order valence-corrected chi connectivity index (χ4v) is 2.16. The molecule has 4 heteroatoms. The van der Waals surface area contributed by atoms with Crippen LogP contribution in [0.2, 0.25) is 0 Å². The molecule has 0 saturated heterocycles. The fraction of sp³-hybridized carbons (Fsp3) is 0.0833. The zero-order valence-electron chi connectivity index (χ0n) is 8.77. The van der Waals surface area contributed by atoms with Crippen LogP contribution in [0.3, 0.4) is 0 Å². The molecule has 2 aromatic rings. The summed E-state index contributed by atoms with van der Waals surface area (Å²) >= 11 is 1.39. The van der Waals surface area contributed by atoms with Crippen LogP contribution < -0.4 is 10.5 Å². The minimum Gasteiger partial charge on any atom is -0.496 e. The van der Waals surface area contributed by atoms with Gasteiger partial charge in [0.25, 0.3) is 0 Å². The second kappa shape index (κ2) is 4.37. The van der Waals surface area contributed by atoms with Crippen LogP contribution in [0.15, 0.2) is 35.7 Å². The largest absolute Gasteiger partial charge is 0.496 e. The summed E-state index contributed by atoms with van der Waals surface area (Å²) < 4.78 is 5.15. The Hall–Kier alpha value is -1.81. The zero-order chi connectivity index (χ0) is 11.5. The van der Waals surface area contributed by atoms with Crippen molar-refractivity contribution in [1.29, 1.82) is 0 Å². The van der Waals surface area contributed by atoms with Crippen LogP contribution in [-0.4, -0.2) is 12.9 Å². The first-order valence-corrected chi connectivity index (χ1v) is 5.62. The summed E-state index contributed by atoms with van der Waals surface area (Å²) in [5, 5.41) is 1.86. The average Bonchev–Trinajstić information content (AvgIpc) is 2.81. The SMILES string of the molecule is COc1cccc(N)c1C(=O)c1cccs1. The van der Waals surface area contributed by atoms with E-state index in [1.165, 1.54) is 18.4 Å². The van der Waals surface area contributed by atoms with E-state index in [9.17, 15) is 4.79 Å². The molecule has 3 nitrogen and oxygen atoms in total. The summed E-state index contributed by atoms with van der Waals surface area (Å²) in [6, 6.07) is 8.81. The van der Waals surface area contributed by atoms with E-state index in [1.807, 2.05) is 11.4 Å². The van der Waals surface area contributed by atoms with E-state index in [0.717, 1.165) is 0 Å². The summed E-state index contributed by atoms with van der Waals surface area (Å²) in [4.78, 5) is 12.8. The Bertz CT molecular complexity index is 506. The van der Waals surface area contributed by atoms with Crippen LogP contribution in [0.4, 0.5) is 5.69 Å². The number of anilines is 1. The van der Waals surface area contributed by atoms with Crippen molar-refractivity contribution in [2.75, 3.05) is 12.8 Å². The van der Waals surface area contributed by atoms with Gasteiger partial charge < -0.3 is 10.5 Å². The monoisotopic (exact) mass is 233 g/mol. The number of rotatable bonds is 3. The molecule has 2 N–H and O–H groups in total. The number of hydrogen-bond donors (Lipinski definition) is 1. The van der Waals surface area contributed by atoms with Gasteiger partial charge in [0.1, 0.15) is 5.75 Å². The van der Waals surface area contributed by atoms with Crippen LogP contribution in [-0.2, 0) is 0 Å². The van der Waals surface area contributed by atoms with Gasteiger partial charge in [0, 0.05) is 5.69 Å². The minimum atomic E-state index is -0.0926. The van der Waals surface area contributed by atoms with Gasteiger partial charge in [-0.1, -0.05) is 12.1 Å². The average molecular weight is 233 g/mol. The Kier molecular flexibility index (Phi) is 2.92. The lowest BCUT2D eigenvalue weighted by Crippen LogP contribution is -2.06. The smallest absolute Gasteiger partial charge is 0.208 e. The predicted octanol–water partition coefficient (Wildman–Crippen LogP) is 2.57. The molecule has 0 saturated carbocycles. The number of nitrogens with two attached hydrogens (primary N) is 1. The van der Waals surface area contributed by atoms with Crippen molar-refractivity contribution < 1.29 is 9.53 Å². The fourth-order valence-electron chi connectivity index (χ4n) is 1.49. The van der Waals surface area contributed by atoms with E-state index in [1.54, 1.807) is 24.3 Å². The highest BCUT2D eigenvalue weighted by Gasteiger charge is 2.17. The molecule has 0 aliphatic heterocycles. The number of benzene rings is 1. The van der Waals surface area contributed by atoms with Crippen molar-refractivity contribution in [2.24, 2.45) is 0 Å². The van der Waals surface area contributed by atoms with E-state index >= 15 is 0 Å². The molecule has 0 amide bonds. The number of hydrogen-bond acceptors (Lipinski definition) is 4. The number of nitrogen functional groups attached to an aromatic ring is 1. The maximum atomic E-state index is 12.2. The Morgan fingerprint density at radius 3 is 2.75 bits per heavy atom. The topological polar surface area (TPSA) is 52.3 Å². The highest BCUT2D eigenvalue weighted by molar-refractivity contribution is 7.12. The molecule has 0 aliphatic carbocycles. The summed E-state index contributed by atoms with van der Waals surface area (Å²) in [5.74, 6) is 0.420. The molecule has 1 heterocycles. The second-order valence-corrected chi connectivity index (χ2v) is 4.18. The zero-order valence-corrected chi connectivity index (χ0v) is 9.58. The van der Waals surface area contributed by atoms with Crippen LogP contribution >= 0.6 is 11.3 Å². The highest BCUT2D eigenvalue weighted by atomic mass is 32.1. The molecule has 2 rings (SSSR count). The first-order valence-electron chi connectivity index (χ1n) is 4.74. The van der Waals surface area contributed by atoms with Gasteiger partial charge in [-0.25, -0.2) is 0 Å². The third kappa shape index (κ3) is 1.79. The van der Waals surface area contributed by atoms with Crippen molar-refractivity contribution >= 4 is 22.8 Å². The second-order valence-electron chi connectivity index (χ2n) is 3.23. The minimum absolute atomic E-state index is 0.0926. The van der Waals surface area contributed by atoms with E-state index in [4.69, 9.17) is 10.5 Å². The summed E-state index contributed by atoms with van der Waals surface area (Å²) in [7, 11) is 1.53. The molecule has 82 valence electrons. The number of thiophene rings is 1. The summed E-state index contributed by atoms with van der Waals surface area (Å²) in [5.41, 5.74) is 6.69. The quantitative estimate of drug-likeness (QED) is 0.654. The molecule has 0 atom stereocenters. The molecule has 16 heavy (non-hydrogen) atoms. The van der Waals surface area contributed by atoms with Gasteiger partial charge in [-0.05, 0) is 23.6 Å². The van der Waals surface area contributed by atoms with E-state index in [2.05, 4.69) is 0 Å². The van der Waals surface area contributed by atoms with Gasteiger partial charge in [-0.3, -0.25) is 4.79 Å². The Morgan fingerprint density at radius 2 is 2.12 bits per heavy atom. The molecule has 0 bridgehead atoms. The molecule has 0 fully saturated rings. The lowest BCUT2D eigenvalue weighted by Gasteiger charge is -2.08. The first kappa shape index (κ1) is 10.7. The molecule has 0 radical (unpaired) electrons. The van der Waals surface area contributed by atoms with Gasteiger partial charge in [0.15, 0.2) is 0 Å². The van der Waals surface area contributed by atoms with Crippen molar-refractivity contribution in [3.8, 4) is 5.75 Å². The van der Waals surface area contributed by atoms with E-state index in [0.29, 0.717) is 21.9 Å². The lowest BCUT2D eigenvalue weighted by molar-refractivity contribution is 0.104. The van der Waals surface area contributed by atoms with Crippen molar-refractivity contribution in [2.45, 2.75) is 0 Å². The number of ketones is 1. The summed E-state index contributed by atoms with van der Waals surface area (Å²) in [6.45, 7) is 0. The third-order valence-corrected chi connectivity index (χ3v) is 3.12. The molecule has 1 aromatic heterocycles. The maximum Gasteiger partial charge on any atom is 0.208 e. The first-order chi connectivity index (χ1) is 7.74. The number of carbonyl (C=O) groups excluding carboxylic acids is 1. The van der Waals surface area contributed by atoms with Gasteiger partial charge in [0.2, 0.25) is 5.78 Å². The number of methoxy groups -OCH3 is 1. The Labute approximate surface area is 97.5 Å². The molecule has 0 unspecified atom stereocenters. The number of ether oxygens (including phenoxy) is 1. The van der Waals surface area contributed by atoms with E-state index in [-0.39, 0.29) is 5.78 Å². The van der Waals surface area contributed by atoms with E-state index < -0.39 is 0 Å². The van der Waals surface area contributed by atoms with Crippen LogP contribution in [0.5, 0.6) is 5.75 Å². The molecule has 0 spiro atoms. The lowest BCUT2D eigenvalue weighted by atomic mass is 10.1. The molecular weight excluding hydrogens is 222 g/mol. The van der Waals surface area contributed by atoms with Gasteiger partial charge >= 0.3 is 0 Å². The van der Waals surface area contributed by atoms with Crippen LogP contribution in [0, 0.1) is 0 Å². The molecule has 1 aromatic carbocycles. The van der Waals surface area contributed by atoms with Gasteiger partial charge in [-0.15, -0.1) is 11.3 Å². The van der Waals surface area contributed by atoms with Crippen LogP contribution in [0.1, 0.15) is 15.2 Å². The van der Waals surface area contributed by atoms with Crippen molar-refractivity contribution in [3.05, 3.63) is 46.2 Å². The summed E-state index contributed by atoms with van der Waals surface area (Å²) in [6.07, 6.45) is 0. The van der Waals surface area contributed by atoms with Crippen molar-refractivity contribution in [3.63, 3.8) is 0 Å². The van der Waals surface area contributed by atoms with Crippen LogP contribution in [0.25, 0.3) is 0 Å². The highest BCUT2D eigenvalue weighted by Crippen LogP contribution is 2.28. The molecular formula is C12H11NO2S. The van der Waals surface area contributed by atoms with Crippen molar-refractivity contribution in [1.82, 2.24) is 0 Å².